The molecule has 1 aliphatic heterocycles. The van der Waals surface area contributed by atoms with Gasteiger partial charge in [-0.2, -0.15) is 5.26 Å². The molecule has 0 bridgehead atoms. The molecule has 0 saturated carbocycles. The minimum Gasteiger partial charge on any atom is -0.497 e. The normalized spacial score (nSPS) is 18.2. The maximum Gasteiger partial charge on any atom is 0.127 e. The number of rotatable bonds is 5. The summed E-state index contributed by atoms with van der Waals surface area (Å²) in [5, 5.41) is 13.0. The molecule has 0 amide bonds. The Morgan fingerprint density at radius 1 is 1.40 bits per heavy atom. The topological polar surface area (TPSA) is 48.3 Å². The number of methoxy groups -OCH3 is 1. The zero-order chi connectivity index (χ0) is 14.4. The molecule has 1 aromatic carbocycles. The van der Waals surface area contributed by atoms with Crippen LogP contribution in [0.25, 0.3) is 0 Å². The number of hydrogen-bond donors (Lipinski definition) is 1. The minimum absolute atomic E-state index is 0.448. The number of nitriles is 1. The van der Waals surface area contributed by atoms with Gasteiger partial charge in [-0.3, -0.25) is 0 Å². The second kappa shape index (κ2) is 6.62. The predicted molar refractivity (Wildman–Crippen MR) is 80.9 cm³/mol. The fourth-order valence-electron chi connectivity index (χ4n) is 2.72. The van der Waals surface area contributed by atoms with Gasteiger partial charge in [-0.15, -0.1) is 0 Å². The molecule has 1 aliphatic rings. The average Bonchev–Trinajstić information content (AvgIpc) is 2.50. The molecule has 108 valence electrons. The maximum atomic E-state index is 9.58. The van der Waals surface area contributed by atoms with Crippen molar-refractivity contribution in [3.63, 3.8) is 0 Å². The van der Waals surface area contributed by atoms with Gasteiger partial charge in [0, 0.05) is 24.8 Å². The van der Waals surface area contributed by atoms with Crippen molar-refractivity contribution >= 4 is 5.69 Å². The van der Waals surface area contributed by atoms with Crippen LogP contribution in [0.3, 0.4) is 0 Å². The molecule has 0 aromatic heterocycles. The summed E-state index contributed by atoms with van der Waals surface area (Å²) in [4.78, 5) is 2.43. The summed E-state index contributed by atoms with van der Waals surface area (Å²) < 4.78 is 5.23. The maximum absolute atomic E-state index is 9.58. The highest BCUT2D eigenvalue weighted by atomic mass is 16.5. The second-order valence-corrected chi connectivity index (χ2v) is 5.39. The Labute approximate surface area is 121 Å². The third kappa shape index (κ3) is 3.43. The molecule has 0 unspecified atom stereocenters. The lowest BCUT2D eigenvalue weighted by Crippen LogP contribution is -2.48. The summed E-state index contributed by atoms with van der Waals surface area (Å²) in [7, 11) is 1.66. The van der Waals surface area contributed by atoms with E-state index in [2.05, 4.69) is 23.2 Å². The van der Waals surface area contributed by atoms with Crippen LogP contribution in [-0.2, 0) is 0 Å². The zero-order valence-corrected chi connectivity index (χ0v) is 12.4. The molecule has 4 heteroatoms. The van der Waals surface area contributed by atoms with Crippen LogP contribution in [0, 0.1) is 11.3 Å². The molecule has 1 N–H and O–H groups in total. The van der Waals surface area contributed by atoms with Crippen molar-refractivity contribution in [3.8, 4) is 11.8 Å². The molecule has 1 saturated heterocycles. The van der Waals surface area contributed by atoms with E-state index in [-0.39, 0.29) is 0 Å². The quantitative estimate of drug-likeness (QED) is 0.896. The van der Waals surface area contributed by atoms with Crippen molar-refractivity contribution in [2.45, 2.75) is 31.7 Å². The van der Waals surface area contributed by atoms with Crippen molar-refractivity contribution in [2.24, 2.45) is 0 Å². The Morgan fingerprint density at radius 2 is 2.15 bits per heavy atom. The number of hydrogen-bond acceptors (Lipinski definition) is 4. The van der Waals surface area contributed by atoms with Gasteiger partial charge in [0.15, 0.2) is 0 Å². The number of nitrogens with one attached hydrogen (secondary N) is 1. The lowest BCUT2D eigenvalue weighted by molar-refractivity contribution is 0.197. The molecule has 0 aliphatic carbocycles. The molecule has 20 heavy (non-hydrogen) atoms. The molecule has 1 fully saturated rings. The first-order chi connectivity index (χ1) is 9.71. The van der Waals surface area contributed by atoms with Gasteiger partial charge >= 0.3 is 0 Å². The Morgan fingerprint density at radius 3 is 2.75 bits per heavy atom. The zero-order valence-electron chi connectivity index (χ0n) is 12.4. The Balaban J connectivity index is 2.04. The highest BCUT2D eigenvalue weighted by molar-refractivity contribution is 5.51. The molecule has 4 nitrogen and oxygen atoms in total. The minimum atomic E-state index is -0.448. The van der Waals surface area contributed by atoms with Gasteiger partial charge < -0.3 is 15.0 Å². The van der Waals surface area contributed by atoms with E-state index in [1.807, 2.05) is 24.3 Å². The van der Waals surface area contributed by atoms with Crippen LogP contribution in [0.15, 0.2) is 24.3 Å². The van der Waals surface area contributed by atoms with Crippen molar-refractivity contribution in [3.05, 3.63) is 24.3 Å². The van der Waals surface area contributed by atoms with Crippen LogP contribution in [0.4, 0.5) is 5.69 Å². The summed E-state index contributed by atoms with van der Waals surface area (Å²) in [6.45, 7) is 5.29. The number of benzene rings is 1. The summed E-state index contributed by atoms with van der Waals surface area (Å²) in [5.41, 5.74) is 0.506. The van der Waals surface area contributed by atoms with E-state index in [9.17, 15) is 5.26 Å². The largest absolute Gasteiger partial charge is 0.497 e. The third-order valence-electron chi connectivity index (χ3n) is 3.92. The first kappa shape index (κ1) is 14.7. The van der Waals surface area contributed by atoms with Gasteiger partial charge in [-0.05, 0) is 37.9 Å². The smallest absolute Gasteiger partial charge is 0.127 e. The van der Waals surface area contributed by atoms with Crippen molar-refractivity contribution in [1.82, 2.24) is 4.90 Å². The van der Waals surface area contributed by atoms with Crippen LogP contribution in [0.1, 0.15) is 26.2 Å². The molecular formula is C16H23N3O. The Bertz CT molecular complexity index is 473. The predicted octanol–water partition coefficient (Wildman–Crippen LogP) is 2.88. The first-order valence-electron chi connectivity index (χ1n) is 7.27. The number of nitrogens with zero attached hydrogens (tertiary/aromatic N) is 2. The average molecular weight is 273 g/mol. The molecular weight excluding hydrogens is 250 g/mol. The standard InChI is InChI=1S/C16H23N3O/c1-3-9-19-10-7-16(13-17,8-11-19)18-14-5-4-6-15(12-14)20-2/h4-6,12,18H,3,7-11H2,1-2H3. The fourth-order valence-corrected chi connectivity index (χ4v) is 2.72. The summed E-state index contributed by atoms with van der Waals surface area (Å²) >= 11 is 0. The van der Waals surface area contributed by atoms with Gasteiger partial charge in [0.05, 0.1) is 13.2 Å². The lowest BCUT2D eigenvalue weighted by atomic mass is 9.88. The van der Waals surface area contributed by atoms with Crippen LogP contribution < -0.4 is 10.1 Å². The fraction of sp³-hybridized carbons (Fsp3) is 0.562. The highest BCUT2D eigenvalue weighted by Crippen LogP contribution is 2.28. The molecule has 0 atom stereocenters. The van der Waals surface area contributed by atoms with Gasteiger partial charge in [-0.1, -0.05) is 13.0 Å². The molecule has 0 radical (unpaired) electrons. The van der Waals surface area contributed by atoms with E-state index in [1.165, 1.54) is 6.42 Å². The van der Waals surface area contributed by atoms with Crippen LogP contribution in [0.5, 0.6) is 5.75 Å². The van der Waals surface area contributed by atoms with Crippen LogP contribution >= 0.6 is 0 Å². The van der Waals surface area contributed by atoms with Crippen molar-refractivity contribution in [1.29, 1.82) is 5.26 Å². The van der Waals surface area contributed by atoms with Crippen LogP contribution in [-0.4, -0.2) is 37.2 Å². The first-order valence-corrected chi connectivity index (χ1v) is 7.27. The van der Waals surface area contributed by atoms with E-state index >= 15 is 0 Å². The van der Waals surface area contributed by atoms with E-state index in [0.29, 0.717) is 0 Å². The number of ether oxygens (including phenoxy) is 1. The Kier molecular flexibility index (Phi) is 4.86. The summed E-state index contributed by atoms with van der Waals surface area (Å²) in [5.74, 6) is 0.812. The Hall–Kier alpha value is -1.73. The van der Waals surface area contributed by atoms with E-state index in [0.717, 1.165) is 43.9 Å². The van der Waals surface area contributed by atoms with E-state index in [1.54, 1.807) is 7.11 Å². The van der Waals surface area contributed by atoms with Crippen molar-refractivity contribution in [2.75, 3.05) is 32.1 Å². The molecule has 1 heterocycles. The second-order valence-electron chi connectivity index (χ2n) is 5.39. The molecule has 1 aromatic rings. The molecule has 2 rings (SSSR count). The lowest BCUT2D eigenvalue weighted by Gasteiger charge is -2.38. The van der Waals surface area contributed by atoms with Crippen molar-refractivity contribution < 1.29 is 4.74 Å². The third-order valence-corrected chi connectivity index (χ3v) is 3.92. The summed E-state index contributed by atoms with van der Waals surface area (Å²) in [6, 6.07) is 10.3. The van der Waals surface area contributed by atoms with E-state index in [4.69, 9.17) is 4.74 Å². The molecule has 0 spiro atoms. The van der Waals surface area contributed by atoms with Crippen LogP contribution in [0.2, 0.25) is 0 Å². The van der Waals surface area contributed by atoms with E-state index < -0.39 is 5.54 Å². The summed E-state index contributed by atoms with van der Waals surface area (Å²) in [6.07, 6.45) is 2.89. The monoisotopic (exact) mass is 273 g/mol. The van der Waals surface area contributed by atoms with Gasteiger partial charge in [0.25, 0.3) is 0 Å². The SMILES string of the molecule is CCCN1CCC(C#N)(Nc2cccc(OC)c2)CC1. The number of piperidine rings is 1. The number of anilines is 1. The van der Waals surface area contributed by atoms with Gasteiger partial charge in [0.1, 0.15) is 11.3 Å². The van der Waals surface area contributed by atoms with Gasteiger partial charge in [-0.25, -0.2) is 0 Å². The number of likely N-dealkylation sites (tertiary alicyclic amines) is 1. The highest BCUT2D eigenvalue weighted by Gasteiger charge is 2.34. The van der Waals surface area contributed by atoms with Gasteiger partial charge in [0.2, 0.25) is 0 Å².